The number of fused-ring (bicyclic) bond motifs is 3. The molecule has 0 spiro atoms. The van der Waals surface area contributed by atoms with Crippen molar-refractivity contribution in [3.8, 4) is 22.5 Å². The topological polar surface area (TPSA) is 38.9 Å². The molecule has 6 aromatic rings. The fourth-order valence-electron chi connectivity index (χ4n) is 4.84. The Kier molecular flexibility index (Phi) is 7.95. The summed E-state index contributed by atoms with van der Waals surface area (Å²) in [6.07, 6.45) is 6.41. The minimum Gasteiger partial charge on any atom is -0.501 e. The van der Waals surface area contributed by atoms with E-state index >= 15 is 0 Å². The summed E-state index contributed by atoms with van der Waals surface area (Å²) in [5.41, 5.74) is 7.15. The molecule has 0 bridgehead atoms. The monoisotopic (exact) mass is 703 g/mol. The Morgan fingerprint density at radius 3 is 2.28 bits per heavy atom. The van der Waals surface area contributed by atoms with Gasteiger partial charge in [-0.05, 0) is 47.8 Å². The molecule has 0 aliphatic heterocycles. The van der Waals surface area contributed by atoms with Crippen LogP contribution in [0.5, 0.6) is 0 Å². The van der Waals surface area contributed by atoms with E-state index in [0.29, 0.717) is 0 Å². The van der Waals surface area contributed by atoms with Gasteiger partial charge in [0.1, 0.15) is 5.58 Å². The first-order valence-electron chi connectivity index (χ1n) is 13.2. The minimum atomic E-state index is -1.53. The van der Waals surface area contributed by atoms with Gasteiger partial charge in [-0.2, -0.15) is 0 Å². The van der Waals surface area contributed by atoms with Crippen molar-refractivity contribution in [2.24, 2.45) is 0 Å². The molecule has 1 aliphatic carbocycles. The predicted octanol–water partition coefficient (Wildman–Crippen LogP) is 8.42. The molecule has 3 aromatic heterocycles. The summed E-state index contributed by atoms with van der Waals surface area (Å²) in [4.78, 5) is 8.96. The second kappa shape index (κ2) is 11.4. The third-order valence-electron chi connectivity index (χ3n) is 7.00. The van der Waals surface area contributed by atoms with Gasteiger partial charge in [-0.1, -0.05) is 73.1 Å². The number of aromatic nitrogens is 2. The summed E-state index contributed by atoms with van der Waals surface area (Å²) in [6, 6.07) is 35.2. The molecule has 39 heavy (non-hydrogen) atoms. The molecule has 3 heterocycles. The largest absolute Gasteiger partial charge is 0.501 e. The van der Waals surface area contributed by atoms with Crippen molar-refractivity contribution in [2.45, 2.75) is 38.4 Å². The van der Waals surface area contributed by atoms with E-state index in [-0.39, 0.29) is 20.1 Å². The summed E-state index contributed by atoms with van der Waals surface area (Å²) < 4.78 is 6.31. The molecule has 5 heteroatoms. The van der Waals surface area contributed by atoms with Gasteiger partial charge in [0.25, 0.3) is 0 Å². The van der Waals surface area contributed by atoms with Gasteiger partial charge in [0.2, 0.25) is 0 Å². The molecule has 1 radical (unpaired) electrons. The summed E-state index contributed by atoms with van der Waals surface area (Å²) in [6.45, 7) is 7.12. The Bertz CT molecular complexity index is 1650. The maximum absolute atomic E-state index is 6.31. The van der Waals surface area contributed by atoms with Crippen LogP contribution >= 0.6 is 0 Å². The van der Waals surface area contributed by atoms with E-state index < -0.39 is 8.07 Å². The van der Waals surface area contributed by atoms with E-state index in [1.807, 2.05) is 54.7 Å². The molecule has 1 fully saturated rings. The number of furan rings is 1. The van der Waals surface area contributed by atoms with Crippen molar-refractivity contribution in [3.05, 3.63) is 115 Å². The van der Waals surface area contributed by atoms with Crippen LogP contribution in [0.15, 0.2) is 102 Å². The number of benzene rings is 3. The third-order valence-corrected chi connectivity index (χ3v) is 9.01. The van der Waals surface area contributed by atoms with Crippen LogP contribution in [0.1, 0.15) is 24.3 Å². The number of para-hydroxylation sites is 1. The zero-order chi connectivity index (χ0) is 26.1. The molecule has 7 rings (SSSR count). The van der Waals surface area contributed by atoms with Crippen LogP contribution in [0.2, 0.25) is 19.6 Å². The molecule has 3 nitrogen and oxygen atoms in total. The Morgan fingerprint density at radius 2 is 1.62 bits per heavy atom. The van der Waals surface area contributed by atoms with Crippen molar-refractivity contribution < 1.29 is 24.5 Å². The van der Waals surface area contributed by atoms with E-state index in [4.69, 9.17) is 9.40 Å². The number of hydrogen-bond donors (Lipinski definition) is 0. The first-order chi connectivity index (χ1) is 18.5. The van der Waals surface area contributed by atoms with Crippen LogP contribution in [-0.4, -0.2) is 18.0 Å². The number of pyridine rings is 2. The molecule has 1 aliphatic rings. The number of hydrogen-bond acceptors (Lipinski definition) is 3. The Balaban J connectivity index is 0.000000200. The average Bonchev–Trinajstić information content (AvgIpc) is 3.73. The molecule has 0 unspecified atom stereocenters. The molecule has 0 saturated heterocycles. The molecular formula is C34H30IrN2OSi-2. The SMILES string of the molecule is C[Si](C)(C)c1c[c-]c(-c2ccc(C3CC3)cn2)c2oc3ccccc3c12.[Ir].[c-]1ccccc1-c1ccccn1. The second-order valence-electron chi connectivity index (χ2n) is 10.9. The molecule has 1 saturated carbocycles. The number of nitrogens with zero attached hydrogens (tertiary/aromatic N) is 2. The molecule has 0 amide bonds. The molecule has 3 aromatic carbocycles. The van der Waals surface area contributed by atoms with Crippen LogP contribution in [-0.2, 0) is 20.1 Å². The summed E-state index contributed by atoms with van der Waals surface area (Å²) >= 11 is 0. The van der Waals surface area contributed by atoms with Gasteiger partial charge in [-0.15, -0.1) is 53.2 Å². The second-order valence-corrected chi connectivity index (χ2v) is 15.9. The van der Waals surface area contributed by atoms with Gasteiger partial charge in [-0.25, -0.2) is 0 Å². The quantitative estimate of drug-likeness (QED) is 0.137. The first-order valence-corrected chi connectivity index (χ1v) is 16.7. The molecule has 0 N–H and O–H groups in total. The first kappa shape index (κ1) is 27.2. The van der Waals surface area contributed by atoms with Gasteiger partial charge < -0.3 is 14.4 Å². The van der Waals surface area contributed by atoms with Crippen molar-refractivity contribution in [1.82, 2.24) is 9.97 Å². The van der Waals surface area contributed by atoms with Gasteiger partial charge >= 0.3 is 0 Å². The Hall–Kier alpha value is -3.37. The summed E-state index contributed by atoms with van der Waals surface area (Å²) in [5, 5.41) is 3.85. The Morgan fingerprint density at radius 1 is 0.821 bits per heavy atom. The standard InChI is InChI=1S/C23H22NOSi.C11H8N.Ir/c1-26(2,3)21-13-11-17(19-12-10-16(14-24-19)15-8-9-15)23-22(21)18-6-4-5-7-20(18)25-23;1-2-6-10(7-3-1)11-8-4-5-9-12-11;/h4-7,10,12-15H,8-9H2,1-3H3;1-6,8-9H;/q2*-1;. The van der Waals surface area contributed by atoms with E-state index in [0.717, 1.165) is 39.6 Å². The minimum absolute atomic E-state index is 0. The fourth-order valence-corrected chi connectivity index (χ4v) is 6.34. The summed E-state index contributed by atoms with van der Waals surface area (Å²) in [5.74, 6) is 0.723. The van der Waals surface area contributed by atoms with Gasteiger partial charge in [0.15, 0.2) is 0 Å². The zero-order valence-electron chi connectivity index (χ0n) is 22.4. The maximum Gasteiger partial charge on any atom is 0.120 e. The third kappa shape index (κ3) is 5.81. The molecular weight excluding hydrogens is 673 g/mol. The smallest absolute Gasteiger partial charge is 0.120 e. The fraction of sp³-hybridized carbons (Fsp3) is 0.176. The van der Waals surface area contributed by atoms with Crippen molar-refractivity contribution in [3.63, 3.8) is 0 Å². The zero-order valence-corrected chi connectivity index (χ0v) is 25.8. The molecule has 197 valence electrons. The van der Waals surface area contributed by atoms with Gasteiger partial charge in [-0.3, -0.25) is 0 Å². The van der Waals surface area contributed by atoms with E-state index in [9.17, 15) is 0 Å². The number of rotatable bonds is 4. The van der Waals surface area contributed by atoms with Gasteiger partial charge in [0.05, 0.1) is 5.58 Å². The predicted molar refractivity (Wildman–Crippen MR) is 159 cm³/mol. The van der Waals surface area contributed by atoms with Crippen molar-refractivity contribution in [2.75, 3.05) is 0 Å². The van der Waals surface area contributed by atoms with E-state index in [1.54, 1.807) is 6.20 Å². The maximum atomic E-state index is 6.31. The van der Waals surface area contributed by atoms with Crippen LogP contribution < -0.4 is 5.19 Å². The normalized spacial score (nSPS) is 13.0. The van der Waals surface area contributed by atoms with Crippen LogP contribution in [0.4, 0.5) is 0 Å². The average molecular weight is 703 g/mol. The van der Waals surface area contributed by atoms with E-state index in [1.165, 1.54) is 34.4 Å². The van der Waals surface area contributed by atoms with Crippen LogP contribution in [0, 0.1) is 12.1 Å². The molecule has 0 atom stereocenters. The van der Waals surface area contributed by atoms with Crippen LogP contribution in [0.3, 0.4) is 0 Å². The van der Waals surface area contributed by atoms with Crippen molar-refractivity contribution >= 4 is 35.2 Å². The van der Waals surface area contributed by atoms with Gasteiger partial charge in [0, 0.05) is 46.0 Å². The van der Waals surface area contributed by atoms with Crippen LogP contribution in [0.25, 0.3) is 44.5 Å². The van der Waals surface area contributed by atoms with Crippen molar-refractivity contribution in [1.29, 1.82) is 0 Å². The Labute approximate surface area is 244 Å². The summed E-state index contributed by atoms with van der Waals surface area (Å²) in [7, 11) is -1.53. The van der Waals surface area contributed by atoms with E-state index in [2.05, 4.69) is 73.2 Å².